The van der Waals surface area contributed by atoms with E-state index in [4.69, 9.17) is 0 Å². The highest BCUT2D eigenvalue weighted by atomic mass is 15.2. The standard InChI is InChI=1S/C7H11N2/c1-2-4-9-6-8-5-7(9)3-1/h7H,1-5H2. The van der Waals surface area contributed by atoms with Crippen LogP contribution in [0.2, 0.25) is 0 Å². The third-order valence-corrected chi connectivity index (χ3v) is 2.13. The Labute approximate surface area is 55.6 Å². The molecule has 9 heavy (non-hydrogen) atoms. The minimum absolute atomic E-state index is 0.721. The first-order chi connectivity index (χ1) is 4.47. The summed E-state index contributed by atoms with van der Waals surface area (Å²) in [6, 6.07) is 0.721. The third-order valence-electron chi connectivity index (χ3n) is 2.13. The molecule has 2 aliphatic heterocycles. The van der Waals surface area contributed by atoms with E-state index in [1.165, 1.54) is 25.8 Å². The summed E-state index contributed by atoms with van der Waals surface area (Å²) in [5, 5.41) is 0. The Hall–Kier alpha value is -0.530. The number of piperidine rings is 1. The van der Waals surface area contributed by atoms with Gasteiger partial charge in [0.1, 0.15) is 0 Å². The van der Waals surface area contributed by atoms with Crippen molar-refractivity contribution in [3.63, 3.8) is 0 Å². The molecule has 2 heteroatoms. The lowest BCUT2D eigenvalue weighted by Gasteiger charge is -2.27. The predicted molar refractivity (Wildman–Crippen MR) is 36.6 cm³/mol. The van der Waals surface area contributed by atoms with Crippen LogP contribution in [-0.4, -0.2) is 30.4 Å². The van der Waals surface area contributed by atoms with Crippen LogP contribution in [0.4, 0.5) is 0 Å². The molecule has 0 aromatic heterocycles. The fourth-order valence-electron chi connectivity index (χ4n) is 1.56. The second-order valence-electron chi connectivity index (χ2n) is 2.78. The molecular formula is C7H11N2. The molecule has 2 nitrogen and oxygen atoms in total. The van der Waals surface area contributed by atoms with E-state index in [1.807, 2.05) is 0 Å². The minimum Gasteiger partial charge on any atom is -0.349 e. The van der Waals surface area contributed by atoms with Crippen LogP contribution in [0.25, 0.3) is 0 Å². The molecule has 0 N–H and O–H groups in total. The Balaban J connectivity index is 2.03. The Morgan fingerprint density at radius 1 is 1.44 bits per heavy atom. The van der Waals surface area contributed by atoms with Gasteiger partial charge in [0, 0.05) is 6.54 Å². The van der Waals surface area contributed by atoms with E-state index >= 15 is 0 Å². The molecule has 2 rings (SSSR count). The lowest BCUT2D eigenvalue weighted by Crippen LogP contribution is -2.35. The summed E-state index contributed by atoms with van der Waals surface area (Å²) in [7, 11) is 0. The van der Waals surface area contributed by atoms with Crippen LogP contribution in [0, 0.1) is 0 Å². The lowest BCUT2D eigenvalue weighted by molar-refractivity contribution is 0.274. The van der Waals surface area contributed by atoms with Gasteiger partial charge in [0.05, 0.1) is 12.6 Å². The highest BCUT2D eigenvalue weighted by Crippen LogP contribution is 2.18. The molecule has 2 heterocycles. The first kappa shape index (κ1) is 5.27. The molecular weight excluding hydrogens is 112 g/mol. The van der Waals surface area contributed by atoms with Crippen LogP contribution in [0.1, 0.15) is 19.3 Å². The molecule has 0 saturated carbocycles. The topological polar surface area (TPSA) is 15.6 Å². The van der Waals surface area contributed by atoms with Crippen LogP contribution in [-0.2, 0) is 0 Å². The van der Waals surface area contributed by atoms with E-state index in [9.17, 15) is 0 Å². The maximum Gasteiger partial charge on any atom is 0.167 e. The van der Waals surface area contributed by atoms with Crippen LogP contribution in [0.5, 0.6) is 0 Å². The monoisotopic (exact) mass is 123 g/mol. The zero-order valence-electron chi connectivity index (χ0n) is 5.51. The SMILES string of the molecule is [C]1=NCC2CCCCN12. The van der Waals surface area contributed by atoms with Gasteiger partial charge >= 0.3 is 0 Å². The maximum atomic E-state index is 4.10. The smallest absolute Gasteiger partial charge is 0.167 e. The van der Waals surface area contributed by atoms with Gasteiger partial charge < -0.3 is 4.90 Å². The summed E-state index contributed by atoms with van der Waals surface area (Å²) in [5.74, 6) is 0. The predicted octanol–water partition coefficient (Wildman–Crippen LogP) is 0.760. The fourth-order valence-corrected chi connectivity index (χ4v) is 1.56. The van der Waals surface area contributed by atoms with Crippen molar-refractivity contribution >= 4 is 6.34 Å². The van der Waals surface area contributed by atoms with Gasteiger partial charge in [0.25, 0.3) is 0 Å². The molecule has 0 aromatic rings. The Kier molecular flexibility index (Phi) is 1.18. The van der Waals surface area contributed by atoms with Gasteiger partial charge in [-0.3, -0.25) is 4.99 Å². The molecule has 1 fully saturated rings. The molecule has 1 radical (unpaired) electrons. The number of rotatable bonds is 0. The molecule has 1 saturated heterocycles. The van der Waals surface area contributed by atoms with Gasteiger partial charge in [0.2, 0.25) is 0 Å². The minimum atomic E-state index is 0.721. The van der Waals surface area contributed by atoms with E-state index < -0.39 is 0 Å². The third kappa shape index (κ3) is 0.824. The van der Waals surface area contributed by atoms with Crippen molar-refractivity contribution in [3.8, 4) is 0 Å². The summed E-state index contributed by atoms with van der Waals surface area (Å²) in [6.45, 7) is 2.19. The Morgan fingerprint density at radius 2 is 2.44 bits per heavy atom. The number of hydrogen-bond acceptors (Lipinski definition) is 2. The Morgan fingerprint density at radius 3 is 3.33 bits per heavy atom. The highest BCUT2D eigenvalue weighted by Gasteiger charge is 2.23. The molecule has 2 aliphatic rings. The van der Waals surface area contributed by atoms with Crippen LogP contribution >= 0.6 is 0 Å². The second-order valence-corrected chi connectivity index (χ2v) is 2.78. The van der Waals surface area contributed by atoms with Crippen molar-refractivity contribution in [2.75, 3.05) is 13.1 Å². The van der Waals surface area contributed by atoms with Gasteiger partial charge in [-0.05, 0) is 19.3 Å². The lowest BCUT2D eigenvalue weighted by atomic mass is 10.0. The van der Waals surface area contributed by atoms with Crippen molar-refractivity contribution in [1.82, 2.24) is 4.90 Å². The normalized spacial score (nSPS) is 32.9. The van der Waals surface area contributed by atoms with E-state index in [1.54, 1.807) is 0 Å². The molecule has 1 unspecified atom stereocenters. The molecule has 1 atom stereocenters. The van der Waals surface area contributed by atoms with Crippen LogP contribution in [0.15, 0.2) is 4.99 Å². The van der Waals surface area contributed by atoms with E-state index in [0.29, 0.717) is 0 Å². The molecule has 49 valence electrons. The highest BCUT2D eigenvalue weighted by molar-refractivity contribution is 5.58. The van der Waals surface area contributed by atoms with Crippen LogP contribution < -0.4 is 0 Å². The largest absolute Gasteiger partial charge is 0.349 e. The molecule has 0 aliphatic carbocycles. The van der Waals surface area contributed by atoms with E-state index in [2.05, 4.69) is 16.2 Å². The first-order valence-corrected chi connectivity index (χ1v) is 3.65. The quantitative estimate of drug-likeness (QED) is 0.464. The van der Waals surface area contributed by atoms with Gasteiger partial charge in [0.15, 0.2) is 6.34 Å². The maximum absolute atomic E-state index is 4.10. The molecule has 0 amide bonds. The summed E-state index contributed by atoms with van der Waals surface area (Å²) >= 11 is 0. The summed E-state index contributed by atoms with van der Waals surface area (Å²) < 4.78 is 0. The number of aliphatic imine (C=N–C) groups is 1. The fraction of sp³-hybridized carbons (Fsp3) is 0.857. The number of hydrogen-bond donors (Lipinski definition) is 0. The van der Waals surface area contributed by atoms with Crippen molar-refractivity contribution in [2.45, 2.75) is 25.3 Å². The summed E-state index contributed by atoms with van der Waals surface area (Å²) in [6.07, 6.45) is 7.07. The summed E-state index contributed by atoms with van der Waals surface area (Å²) in [5.41, 5.74) is 0. The summed E-state index contributed by atoms with van der Waals surface area (Å²) in [4.78, 5) is 6.36. The van der Waals surface area contributed by atoms with Gasteiger partial charge in [-0.2, -0.15) is 0 Å². The van der Waals surface area contributed by atoms with Crippen LogP contribution in [0.3, 0.4) is 0 Å². The Bertz CT molecular complexity index is 131. The van der Waals surface area contributed by atoms with Gasteiger partial charge in [-0.15, -0.1) is 0 Å². The van der Waals surface area contributed by atoms with Gasteiger partial charge in [-0.25, -0.2) is 0 Å². The molecule has 0 aromatic carbocycles. The van der Waals surface area contributed by atoms with E-state index in [-0.39, 0.29) is 0 Å². The zero-order valence-corrected chi connectivity index (χ0v) is 5.51. The van der Waals surface area contributed by atoms with Crippen molar-refractivity contribution < 1.29 is 0 Å². The van der Waals surface area contributed by atoms with Crippen molar-refractivity contribution in [3.05, 3.63) is 0 Å². The van der Waals surface area contributed by atoms with Gasteiger partial charge in [-0.1, -0.05) is 0 Å². The second kappa shape index (κ2) is 2.01. The van der Waals surface area contributed by atoms with Crippen molar-refractivity contribution in [1.29, 1.82) is 0 Å². The molecule has 0 bridgehead atoms. The number of fused-ring (bicyclic) bond motifs is 1. The zero-order chi connectivity index (χ0) is 6.10. The molecule has 0 spiro atoms. The average Bonchev–Trinajstić information content (AvgIpc) is 2.33. The number of nitrogens with zero attached hydrogens (tertiary/aromatic N) is 2. The van der Waals surface area contributed by atoms with Crippen molar-refractivity contribution in [2.24, 2.45) is 4.99 Å². The first-order valence-electron chi connectivity index (χ1n) is 3.65. The van der Waals surface area contributed by atoms with E-state index in [0.717, 1.165) is 12.6 Å². The average molecular weight is 123 g/mol.